The van der Waals surface area contributed by atoms with Gasteiger partial charge >= 0.3 is 5.97 Å². The summed E-state index contributed by atoms with van der Waals surface area (Å²) in [4.78, 5) is 22.9. The van der Waals surface area contributed by atoms with Crippen LogP contribution in [0, 0.1) is 34.5 Å². The van der Waals surface area contributed by atoms with Crippen LogP contribution < -0.4 is 0 Å². The molecule has 0 heterocycles. The molecule has 4 saturated carbocycles. The second kappa shape index (κ2) is 13.6. The van der Waals surface area contributed by atoms with Gasteiger partial charge in [-0.25, -0.2) is 0 Å². The first-order valence-corrected chi connectivity index (χ1v) is 16.3. The molecule has 4 fully saturated rings. The minimum Gasteiger partial charge on any atom is -0.481 e. The predicted molar refractivity (Wildman–Crippen MR) is 151 cm³/mol. The van der Waals surface area contributed by atoms with Gasteiger partial charge in [0.15, 0.2) is 0 Å². The zero-order valence-corrected chi connectivity index (χ0v) is 24.4. The largest absolute Gasteiger partial charge is 0.481 e. The minimum atomic E-state index is -0.673. The summed E-state index contributed by atoms with van der Waals surface area (Å²) >= 11 is 0. The van der Waals surface area contributed by atoms with Gasteiger partial charge in [-0.2, -0.15) is 0 Å². The third-order valence-corrected chi connectivity index (χ3v) is 11.7. The fourth-order valence-corrected chi connectivity index (χ4v) is 9.47. The SMILES string of the molecule is C[C@]12CCC(=O)C[C@@H]1CC[C@@H]1[C@@H]2[C@@H](OCCCCCCCCCCCCCC(=O)O)C[C@]2(C)[C@@H](O)CC[C@@H]12. The van der Waals surface area contributed by atoms with E-state index in [0.717, 1.165) is 64.4 Å². The molecule has 0 radical (unpaired) electrons. The number of carbonyl (C=O) groups excluding carboxylic acids is 1. The van der Waals surface area contributed by atoms with Crippen LogP contribution >= 0.6 is 0 Å². The summed E-state index contributed by atoms with van der Waals surface area (Å²) in [5.74, 6) is 2.12. The number of carboxylic acid groups (broad SMARTS) is 1. The number of hydrogen-bond acceptors (Lipinski definition) is 4. The van der Waals surface area contributed by atoms with E-state index in [2.05, 4.69) is 13.8 Å². The molecule has 0 saturated heterocycles. The van der Waals surface area contributed by atoms with Crippen molar-refractivity contribution in [2.75, 3.05) is 6.61 Å². The quantitative estimate of drug-likeness (QED) is 0.211. The van der Waals surface area contributed by atoms with Gasteiger partial charge in [-0.1, -0.05) is 71.6 Å². The van der Waals surface area contributed by atoms with Crippen LogP contribution in [-0.4, -0.2) is 40.8 Å². The van der Waals surface area contributed by atoms with Gasteiger partial charge in [-0.15, -0.1) is 0 Å². The number of aliphatic hydroxyl groups excluding tert-OH is 1. The lowest BCUT2D eigenvalue weighted by molar-refractivity contribution is -0.192. The van der Waals surface area contributed by atoms with E-state index in [4.69, 9.17) is 9.84 Å². The number of hydrogen-bond donors (Lipinski definition) is 2. The second-order valence-corrected chi connectivity index (χ2v) is 14.1. The molecular formula is C33H56O5. The van der Waals surface area contributed by atoms with Gasteiger partial charge in [-0.3, -0.25) is 9.59 Å². The molecule has 0 bridgehead atoms. The second-order valence-electron chi connectivity index (χ2n) is 14.1. The number of unbranched alkanes of at least 4 members (excludes halogenated alkanes) is 10. The Morgan fingerprint density at radius 1 is 0.868 bits per heavy atom. The van der Waals surface area contributed by atoms with Gasteiger partial charge < -0.3 is 14.9 Å². The highest BCUT2D eigenvalue weighted by Crippen LogP contribution is 2.66. The molecular weight excluding hydrogens is 476 g/mol. The summed E-state index contributed by atoms with van der Waals surface area (Å²) < 4.78 is 6.79. The standard InChI is InChI=1S/C33H56O5/c1-32-20-19-25(34)22-24(32)15-16-26-27-17-18-29(35)33(27,2)23-28(31(26)32)38-21-13-11-9-7-5-3-4-6-8-10-12-14-30(36)37/h24,26-29,31,35H,3-23H2,1-2H3,(H,36,37)/t24-,26-,27-,28-,29-,31+,32-,33-/m0/s1. The average Bonchev–Trinajstić information content (AvgIpc) is 3.18. The zero-order valence-electron chi connectivity index (χ0n) is 24.4. The lowest BCUT2D eigenvalue weighted by atomic mass is 9.44. The summed E-state index contributed by atoms with van der Waals surface area (Å²) in [6.45, 7) is 5.67. The number of aliphatic carboxylic acids is 1. The van der Waals surface area contributed by atoms with Crippen LogP contribution in [-0.2, 0) is 14.3 Å². The predicted octanol–water partition coefficient (Wildman–Crippen LogP) is 7.72. The zero-order chi connectivity index (χ0) is 27.2. The van der Waals surface area contributed by atoms with Crippen molar-refractivity contribution in [2.45, 2.75) is 154 Å². The fourth-order valence-electron chi connectivity index (χ4n) is 9.47. The van der Waals surface area contributed by atoms with E-state index in [1.54, 1.807) is 0 Å². The number of carbonyl (C=O) groups is 2. The molecule has 0 aromatic carbocycles. The Labute approximate surface area is 231 Å². The molecule has 218 valence electrons. The van der Waals surface area contributed by atoms with Gasteiger partial charge in [-0.05, 0) is 85.9 Å². The molecule has 0 aliphatic heterocycles. The van der Waals surface area contributed by atoms with Crippen molar-refractivity contribution >= 4 is 11.8 Å². The number of rotatable bonds is 15. The highest BCUT2D eigenvalue weighted by molar-refractivity contribution is 5.79. The monoisotopic (exact) mass is 532 g/mol. The number of fused-ring (bicyclic) bond motifs is 5. The van der Waals surface area contributed by atoms with Gasteiger partial charge in [0.1, 0.15) is 5.78 Å². The summed E-state index contributed by atoms with van der Waals surface area (Å²) in [5, 5.41) is 19.7. The van der Waals surface area contributed by atoms with Gasteiger partial charge in [0.05, 0.1) is 12.2 Å². The minimum absolute atomic E-state index is 0.00419. The summed E-state index contributed by atoms with van der Waals surface area (Å²) in [7, 11) is 0. The maximum atomic E-state index is 12.3. The van der Waals surface area contributed by atoms with Crippen molar-refractivity contribution in [3.8, 4) is 0 Å². The van der Waals surface area contributed by atoms with Crippen molar-refractivity contribution in [3.63, 3.8) is 0 Å². The van der Waals surface area contributed by atoms with Crippen LogP contribution in [0.25, 0.3) is 0 Å². The lowest BCUT2D eigenvalue weighted by Gasteiger charge is -2.62. The average molecular weight is 533 g/mol. The van der Waals surface area contributed by atoms with Crippen LogP contribution in [0.1, 0.15) is 142 Å². The Morgan fingerprint density at radius 3 is 2.16 bits per heavy atom. The molecule has 0 aromatic heterocycles. The van der Waals surface area contributed by atoms with E-state index in [1.807, 2.05) is 0 Å². The highest BCUT2D eigenvalue weighted by atomic mass is 16.5. The molecule has 0 amide bonds. The first-order chi connectivity index (χ1) is 18.3. The third-order valence-electron chi connectivity index (χ3n) is 11.7. The van der Waals surface area contributed by atoms with Crippen molar-refractivity contribution in [1.82, 2.24) is 0 Å². The van der Waals surface area contributed by atoms with Crippen LogP contribution in [0.4, 0.5) is 0 Å². The Morgan fingerprint density at radius 2 is 1.50 bits per heavy atom. The van der Waals surface area contributed by atoms with Gasteiger partial charge in [0, 0.05) is 25.9 Å². The van der Waals surface area contributed by atoms with Crippen LogP contribution in [0.5, 0.6) is 0 Å². The molecule has 5 heteroatoms. The van der Waals surface area contributed by atoms with Gasteiger partial charge in [0.2, 0.25) is 0 Å². The molecule has 4 rings (SSSR count). The molecule has 0 aromatic rings. The normalized spacial score (nSPS) is 38.4. The first kappa shape index (κ1) is 30.0. The van der Waals surface area contributed by atoms with Crippen molar-refractivity contribution in [2.24, 2.45) is 34.5 Å². The van der Waals surface area contributed by atoms with Crippen LogP contribution in [0.2, 0.25) is 0 Å². The summed E-state index contributed by atoms with van der Waals surface area (Å²) in [5.41, 5.74) is 0.211. The third kappa shape index (κ3) is 6.85. The van der Waals surface area contributed by atoms with E-state index < -0.39 is 5.97 Å². The molecule has 2 N–H and O–H groups in total. The molecule has 0 spiro atoms. The molecule has 4 aliphatic rings. The molecule has 8 atom stereocenters. The van der Waals surface area contributed by atoms with E-state index in [9.17, 15) is 14.7 Å². The van der Waals surface area contributed by atoms with E-state index in [-0.39, 0.29) is 23.0 Å². The fraction of sp³-hybridized carbons (Fsp3) is 0.939. The Kier molecular flexibility index (Phi) is 10.8. The van der Waals surface area contributed by atoms with Gasteiger partial charge in [0.25, 0.3) is 0 Å². The Hall–Kier alpha value is -0.940. The molecule has 4 aliphatic carbocycles. The summed E-state index contributed by atoms with van der Waals surface area (Å²) in [6.07, 6.45) is 21.5. The highest BCUT2D eigenvalue weighted by Gasteiger charge is 2.63. The topological polar surface area (TPSA) is 83.8 Å². The van der Waals surface area contributed by atoms with E-state index >= 15 is 0 Å². The number of aliphatic hydroxyl groups is 1. The van der Waals surface area contributed by atoms with Crippen LogP contribution in [0.3, 0.4) is 0 Å². The lowest BCUT2D eigenvalue weighted by Crippen LogP contribution is -2.60. The maximum absolute atomic E-state index is 12.3. The number of carboxylic acids is 1. The van der Waals surface area contributed by atoms with Crippen molar-refractivity contribution in [1.29, 1.82) is 0 Å². The number of ether oxygens (including phenoxy) is 1. The van der Waals surface area contributed by atoms with Crippen molar-refractivity contribution in [3.05, 3.63) is 0 Å². The van der Waals surface area contributed by atoms with Crippen molar-refractivity contribution < 1.29 is 24.5 Å². The summed E-state index contributed by atoms with van der Waals surface area (Å²) in [6, 6.07) is 0. The first-order valence-electron chi connectivity index (χ1n) is 16.3. The number of ketones is 1. The molecule has 0 unspecified atom stereocenters. The van der Waals surface area contributed by atoms with E-state index in [1.165, 1.54) is 64.2 Å². The smallest absolute Gasteiger partial charge is 0.303 e. The Balaban J connectivity index is 1.18. The molecule has 5 nitrogen and oxygen atoms in total. The number of Topliss-reactive ketones (excluding diaryl/α,β-unsaturated/α-hetero) is 1. The van der Waals surface area contributed by atoms with E-state index in [0.29, 0.717) is 35.9 Å². The maximum Gasteiger partial charge on any atom is 0.303 e. The van der Waals surface area contributed by atoms with Crippen LogP contribution in [0.15, 0.2) is 0 Å². The Bertz CT molecular complexity index is 781. The molecule has 38 heavy (non-hydrogen) atoms.